The minimum Gasteiger partial charge on any atom is -0.726 e. The van der Waals surface area contributed by atoms with Crippen molar-refractivity contribution in [3.8, 4) is 11.5 Å². The van der Waals surface area contributed by atoms with Gasteiger partial charge < -0.3 is 18.5 Å². The Labute approximate surface area is 208 Å². The average molecular weight is 532 g/mol. The summed E-state index contributed by atoms with van der Waals surface area (Å²) in [5.74, 6) is 1.62. The molecule has 0 aromatic heterocycles. The van der Waals surface area contributed by atoms with E-state index in [1.165, 1.54) is 6.92 Å². The van der Waals surface area contributed by atoms with Gasteiger partial charge in [0.15, 0.2) is 6.10 Å². The summed E-state index contributed by atoms with van der Waals surface area (Å²) in [4.78, 5) is 0. The lowest BCUT2D eigenvalue weighted by Gasteiger charge is -2.53. The van der Waals surface area contributed by atoms with Crippen LogP contribution in [0.4, 0.5) is 0 Å². The number of likely N-dealkylation sites (tertiary alicyclic amines) is 1. The monoisotopic (exact) mass is 531 g/mol. The molecule has 12 heteroatoms. The Hall–Kier alpha value is -2.22. The molecular formula is C23H33NO9S2. The number of hydrogen-bond acceptors (Lipinski definition) is 9. The molecule has 10 nitrogen and oxygen atoms in total. The molecule has 0 N–H and O–H groups in total. The van der Waals surface area contributed by atoms with E-state index in [0.717, 1.165) is 39.9 Å². The van der Waals surface area contributed by atoms with Gasteiger partial charge in [-0.15, -0.1) is 0 Å². The van der Waals surface area contributed by atoms with Gasteiger partial charge in [-0.1, -0.05) is 0 Å². The number of methoxy groups -OCH3 is 2. The van der Waals surface area contributed by atoms with Crippen molar-refractivity contribution in [1.82, 2.24) is 0 Å². The predicted molar refractivity (Wildman–Crippen MR) is 129 cm³/mol. The summed E-state index contributed by atoms with van der Waals surface area (Å²) in [6.07, 6.45) is 0.824. The summed E-state index contributed by atoms with van der Waals surface area (Å²) in [5, 5.41) is 0. The third-order valence-electron chi connectivity index (χ3n) is 5.75. The van der Waals surface area contributed by atoms with Crippen LogP contribution in [-0.2, 0) is 28.9 Å². The fourth-order valence-electron chi connectivity index (χ4n) is 4.26. The summed E-state index contributed by atoms with van der Waals surface area (Å²) in [5.41, 5.74) is 2.32. The van der Waals surface area contributed by atoms with E-state index in [1.807, 2.05) is 24.3 Å². The molecule has 35 heavy (non-hydrogen) atoms. The molecule has 0 saturated carbocycles. The van der Waals surface area contributed by atoms with Gasteiger partial charge in [-0.2, -0.15) is 8.42 Å². The van der Waals surface area contributed by atoms with Crippen molar-refractivity contribution in [3.63, 3.8) is 0 Å². The number of rotatable bonds is 10. The lowest BCUT2D eigenvalue weighted by atomic mass is 9.89. The van der Waals surface area contributed by atoms with Crippen LogP contribution in [0, 0.1) is 0 Å². The summed E-state index contributed by atoms with van der Waals surface area (Å²) in [6.45, 7) is 5.63. The van der Waals surface area contributed by atoms with Crippen LogP contribution in [0.1, 0.15) is 31.0 Å². The van der Waals surface area contributed by atoms with Crippen LogP contribution in [0.5, 0.6) is 11.5 Å². The highest BCUT2D eigenvalue weighted by atomic mass is 32.3. The molecule has 1 saturated heterocycles. The minimum absolute atomic E-state index is 0.0706. The molecule has 0 bridgehead atoms. The van der Waals surface area contributed by atoms with Crippen LogP contribution in [0.2, 0.25) is 0 Å². The largest absolute Gasteiger partial charge is 0.726 e. The standard InChI is InChI=1S/C21H28NO5S.C2H6O4S/c1-5-22(14-20(15-22)27-28(4,23)24)21(16-6-10-18(25-2)11-7-16)17-8-12-19(26-3)13-9-17;1-2-6-7(3,4)5/h6-13,20-21H,5,14-15H2,1-4H3;2H2,1H3,(H,3,4,5)/q+1;/p-1. The first-order valence-corrected chi connectivity index (χ1v) is 14.1. The number of hydrogen-bond donors (Lipinski definition) is 0. The van der Waals surface area contributed by atoms with Crippen LogP contribution in [-0.4, -0.2) is 78.7 Å². The lowest BCUT2D eigenvalue weighted by molar-refractivity contribution is -0.991. The van der Waals surface area contributed by atoms with E-state index in [0.29, 0.717) is 13.1 Å². The first-order valence-electron chi connectivity index (χ1n) is 11.0. The highest BCUT2D eigenvalue weighted by molar-refractivity contribution is 7.86. The second-order valence-electron chi connectivity index (χ2n) is 8.09. The Morgan fingerprint density at radius 2 is 1.31 bits per heavy atom. The Morgan fingerprint density at radius 1 is 0.886 bits per heavy atom. The molecule has 1 fully saturated rings. The van der Waals surface area contributed by atoms with E-state index in [9.17, 15) is 21.4 Å². The summed E-state index contributed by atoms with van der Waals surface area (Å²) < 4.78 is 71.6. The predicted octanol–water partition coefficient (Wildman–Crippen LogP) is 2.47. The van der Waals surface area contributed by atoms with Gasteiger partial charge in [0.1, 0.15) is 30.6 Å². The number of ether oxygens (including phenoxy) is 2. The first kappa shape index (κ1) is 29.0. The van der Waals surface area contributed by atoms with Crippen molar-refractivity contribution in [2.24, 2.45) is 0 Å². The Kier molecular flexibility index (Phi) is 10.1. The molecular weight excluding hydrogens is 498 g/mol. The van der Waals surface area contributed by atoms with Crippen molar-refractivity contribution in [2.45, 2.75) is 26.0 Å². The Morgan fingerprint density at radius 3 is 1.57 bits per heavy atom. The van der Waals surface area contributed by atoms with Gasteiger partial charge in [0.2, 0.25) is 10.4 Å². The fraction of sp³-hybridized carbons (Fsp3) is 0.478. The van der Waals surface area contributed by atoms with Crippen molar-refractivity contribution in [2.75, 3.05) is 46.7 Å². The number of likely N-dealkylation sites (N-methyl/N-ethyl adjacent to an activating group) is 1. The third-order valence-corrected chi connectivity index (χ3v) is 6.89. The molecule has 0 aliphatic carbocycles. The molecule has 0 radical (unpaired) electrons. The average Bonchev–Trinajstić information content (AvgIpc) is 2.77. The number of nitrogens with zero attached hydrogens (tertiary/aromatic N) is 1. The van der Waals surface area contributed by atoms with Crippen molar-refractivity contribution in [1.29, 1.82) is 0 Å². The van der Waals surface area contributed by atoms with E-state index in [2.05, 4.69) is 35.4 Å². The topological polar surface area (TPSA) is 128 Å². The second kappa shape index (κ2) is 12.2. The zero-order valence-corrected chi connectivity index (χ0v) is 22.2. The SMILES string of the molecule is CCOS(=O)(=O)[O-].CC[N+]1(C(c2ccc(OC)cc2)c2ccc(OC)cc2)CC(OS(C)(=O)=O)C1. The summed E-state index contributed by atoms with van der Waals surface area (Å²) >= 11 is 0. The molecule has 196 valence electrons. The van der Waals surface area contributed by atoms with Crippen LogP contribution in [0.3, 0.4) is 0 Å². The van der Waals surface area contributed by atoms with Gasteiger partial charge in [0, 0.05) is 11.1 Å². The van der Waals surface area contributed by atoms with E-state index in [-0.39, 0.29) is 18.8 Å². The summed E-state index contributed by atoms with van der Waals surface area (Å²) in [7, 11) is -4.58. The molecule has 2 aromatic rings. The Balaban J connectivity index is 0.000000540. The maximum atomic E-state index is 11.5. The zero-order chi connectivity index (χ0) is 26.3. The highest BCUT2D eigenvalue weighted by Gasteiger charge is 2.51. The van der Waals surface area contributed by atoms with Crippen molar-refractivity contribution < 1.29 is 43.7 Å². The molecule has 0 unspecified atom stereocenters. The zero-order valence-electron chi connectivity index (χ0n) is 20.5. The highest BCUT2D eigenvalue weighted by Crippen LogP contribution is 2.41. The van der Waals surface area contributed by atoms with E-state index in [1.54, 1.807) is 14.2 Å². The molecule has 0 spiro atoms. The molecule has 3 rings (SSSR count). The van der Waals surface area contributed by atoms with Gasteiger partial charge in [-0.05, 0) is 62.4 Å². The van der Waals surface area contributed by atoms with E-state index >= 15 is 0 Å². The maximum absolute atomic E-state index is 11.5. The normalized spacial score (nSPS) is 19.9. The van der Waals surface area contributed by atoms with Gasteiger partial charge in [0.25, 0.3) is 10.1 Å². The fourth-order valence-corrected chi connectivity index (χ4v) is 5.16. The molecule has 1 heterocycles. The second-order valence-corrected chi connectivity index (χ2v) is 10.7. The van der Waals surface area contributed by atoms with Crippen LogP contribution in [0.15, 0.2) is 48.5 Å². The van der Waals surface area contributed by atoms with E-state index < -0.39 is 20.5 Å². The van der Waals surface area contributed by atoms with Crippen molar-refractivity contribution >= 4 is 20.5 Å². The van der Waals surface area contributed by atoms with Gasteiger partial charge in [-0.3, -0.25) is 8.37 Å². The van der Waals surface area contributed by atoms with Crippen LogP contribution < -0.4 is 9.47 Å². The van der Waals surface area contributed by atoms with Crippen molar-refractivity contribution in [3.05, 3.63) is 59.7 Å². The quantitative estimate of drug-likeness (QED) is 0.196. The third kappa shape index (κ3) is 8.44. The smallest absolute Gasteiger partial charge is 0.265 e. The molecule has 2 aromatic carbocycles. The van der Waals surface area contributed by atoms with Gasteiger partial charge in [0.05, 0.1) is 33.6 Å². The maximum Gasteiger partial charge on any atom is 0.265 e. The van der Waals surface area contributed by atoms with Gasteiger partial charge >= 0.3 is 0 Å². The lowest BCUT2D eigenvalue weighted by Crippen LogP contribution is -2.68. The molecule has 0 amide bonds. The molecule has 1 aliphatic heterocycles. The van der Waals surface area contributed by atoms with E-state index in [4.69, 9.17) is 13.7 Å². The Bertz CT molecular complexity index is 1090. The van der Waals surface area contributed by atoms with Gasteiger partial charge in [-0.25, -0.2) is 8.42 Å². The number of benzene rings is 2. The summed E-state index contributed by atoms with van der Waals surface area (Å²) in [6, 6.07) is 16.2. The first-order chi connectivity index (χ1) is 16.4. The number of quaternary nitrogens is 1. The molecule has 1 aliphatic rings. The van der Waals surface area contributed by atoms with Crippen LogP contribution >= 0.6 is 0 Å². The molecule has 0 atom stereocenters. The minimum atomic E-state index is -4.42. The van der Waals surface area contributed by atoms with Crippen LogP contribution in [0.25, 0.3) is 0 Å².